The Morgan fingerprint density at radius 3 is 2.61 bits per heavy atom. The summed E-state index contributed by atoms with van der Waals surface area (Å²) in [4.78, 5) is 37.9. The Morgan fingerprint density at radius 1 is 1.13 bits per heavy atom. The quantitative estimate of drug-likeness (QED) is 0.473. The number of benzene rings is 1. The van der Waals surface area contributed by atoms with Crippen molar-refractivity contribution in [1.29, 1.82) is 0 Å². The van der Waals surface area contributed by atoms with Crippen LogP contribution in [0.1, 0.15) is 25.6 Å². The van der Waals surface area contributed by atoms with Gasteiger partial charge in [0.15, 0.2) is 0 Å². The van der Waals surface area contributed by atoms with Crippen LogP contribution in [0.15, 0.2) is 55.8 Å². The third-order valence-electron chi connectivity index (χ3n) is 4.71. The lowest BCUT2D eigenvalue weighted by atomic mass is 10.1. The van der Waals surface area contributed by atoms with Gasteiger partial charge in [-0.1, -0.05) is 24.3 Å². The fourth-order valence-electron chi connectivity index (χ4n) is 3.22. The number of fused-ring (bicyclic) bond motifs is 1. The molecule has 0 unspecified atom stereocenters. The third-order valence-corrected chi connectivity index (χ3v) is 5.56. The maximum atomic E-state index is 12.6. The first-order chi connectivity index (χ1) is 14.9. The van der Waals surface area contributed by atoms with E-state index in [1.54, 1.807) is 18.2 Å². The van der Waals surface area contributed by atoms with E-state index in [-0.39, 0.29) is 42.9 Å². The number of nitrogens with one attached hydrogen (secondary N) is 1. The van der Waals surface area contributed by atoms with Crippen molar-refractivity contribution >= 4 is 28.0 Å². The summed E-state index contributed by atoms with van der Waals surface area (Å²) in [5, 5.41) is 14.4. The number of carbonyl (C=O) groups is 1. The Hall–Kier alpha value is -3.53. The first kappa shape index (κ1) is 20.7. The number of nitrogens with zero attached hydrogens (tertiary/aromatic N) is 4. The molecule has 0 aliphatic heterocycles. The Kier molecular flexibility index (Phi) is 5.81. The normalized spacial score (nSPS) is 11.3. The second kappa shape index (κ2) is 8.68. The summed E-state index contributed by atoms with van der Waals surface area (Å²) in [5.41, 5.74) is 0.349. The van der Waals surface area contributed by atoms with E-state index >= 15 is 0 Å². The van der Waals surface area contributed by atoms with E-state index in [0.717, 1.165) is 4.88 Å². The molecule has 0 atom stereocenters. The van der Waals surface area contributed by atoms with Crippen LogP contribution in [0.5, 0.6) is 0 Å². The van der Waals surface area contributed by atoms with Crippen molar-refractivity contribution in [2.24, 2.45) is 0 Å². The van der Waals surface area contributed by atoms with Gasteiger partial charge in [-0.2, -0.15) is 9.78 Å². The van der Waals surface area contributed by atoms with Gasteiger partial charge in [-0.15, -0.1) is 16.4 Å². The second-order valence-corrected chi connectivity index (χ2v) is 8.18. The van der Waals surface area contributed by atoms with Gasteiger partial charge in [-0.3, -0.25) is 9.59 Å². The lowest BCUT2D eigenvalue weighted by Gasteiger charge is -2.13. The Morgan fingerprint density at radius 2 is 1.90 bits per heavy atom. The molecular formula is C21H21N5O4S. The van der Waals surface area contributed by atoms with Crippen LogP contribution in [0.2, 0.25) is 0 Å². The first-order valence-corrected chi connectivity index (χ1v) is 10.7. The molecule has 1 amide bonds. The average Bonchev–Trinajstić information content (AvgIpc) is 3.40. The predicted octanol–water partition coefficient (Wildman–Crippen LogP) is 2.21. The van der Waals surface area contributed by atoms with Gasteiger partial charge in [0, 0.05) is 11.9 Å². The molecule has 10 heteroatoms. The van der Waals surface area contributed by atoms with Crippen molar-refractivity contribution in [3.8, 4) is 10.8 Å². The molecule has 0 bridgehead atoms. The van der Waals surface area contributed by atoms with Crippen molar-refractivity contribution in [3.05, 3.63) is 68.4 Å². The Labute approximate surface area is 180 Å². The third kappa shape index (κ3) is 4.33. The van der Waals surface area contributed by atoms with Crippen LogP contribution in [-0.4, -0.2) is 32.0 Å². The van der Waals surface area contributed by atoms with Crippen molar-refractivity contribution in [1.82, 2.24) is 24.9 Å². The standard InChI is InChI=1S/C21H21N5O4S/c1-13(2)26-20(28)15-7-4-3-6-14(15)16(23-26)12-18(27)22-9-10-25-21(29)30-19(24-25)17-8-5-11-31-17/h3-8,11,13H,9-10,12H2,1-2H3,(H,22,27). The van der Waals surface area contributed by atoms with Gasteiger partial charge in [0.05, 0.1) is 35.0 Å². The maximum Gasteiger partial charge on any atom is 0.437 e. The predicted molar refractivity (Wildman–Crippen MR) is 117 cm³/mol. The minimum absolute atomic E-state index is 0.0155. The highest BCUT2D eigenvalue weighted by molar-refractivity contribution is 7.13. The molecule has 0 aliphatic carbocycles. The molecular weight excluding hydrogens is 418 g/mol. The fraction of sp³-hybridized carbons (Fsp3) is 0.286. The zero-order chi connectivity index (χ0) is 22.0. The zero-order valence-corrected chi connectivity index (χ0v) is 17.9. The highest BCUT2D eigenvalue weighted by Crippen LogP contribution is 2.21. The lowest BCUT2D eigenvalue weighted by molar-refractivity contribution is -0.120. The van der Waals surface area contributed by atoms with Crippen LogP contribution in [0, 0.1) is 0 Å². The van der Waals surface area contributed by atoms with E-state index in [2.05, 4.69) is 15.5 Å². The summed E-state index contributed by atoms with van der Waals surface area (Å²) in [5.74, 6) is -0.575. The Balaban J connectivity index is 1.45. The fourth-order valence-corrected chi connectivity index (χ4v) is 3.86. The van der Waals surface area contributed by atoms with Crippen molar-refractivity contribution in [2.75, 3.05) is 6.54 Å². The average molecular weight is 439 g/mol. The molecule has 160 valence electrons. The van der Waals surface area contributed by atoms with Crippen LogP contribution in [0.3, 0.4) is 0 Å². The van der Waals surface area contributed by atoms with Crippen LogP contribution < -0.4 is 16.6 Å². The summed E-state index contributed by atoms with van der Waals surface area (Å²) < 4.78 is 7.74. The molecule has 31 heavy (non-hydrogen) atoms. The highest BCUT2D eigenvalue weighted by Gasteiger charge is 2.15. The molecule has 9 nitrogen and oxygen atoms in total. The highest BCUT2D eigenvalue weighted by atomic mass is 32.1. The van der Waals surface area contributed by atoms with E-state index in [9.17, 15) is 14.4 Å². The Bertz CT molecular complexity index is 1330. The SMILES string of the molecule is CC(C)n1nc(CC(=O)NCCn2nc(-c3cccs3)oc2=O)c2ccccc2c1=O. The second-order valence-electron chi connectivity index (χ2n) is 7.24. The molecule has 1 N–H and O–H groups in total. The van der Waals surface area contributed by atoms with Crippen LogP contribution in [0.4, 0.5) is 0 Å². The largest absolute Gasteiger partial charge is 0.437 e. The van der Waals surface area contributed by atoms with Gasteiger partial charge >= 0.3 is 5.76 Å². The number of thiophene rings is 1. The molecule has 0 saturated heterocycles. The van der Waals surface area contributed by atoms with Crippen LogP contribution in [0.25, 0.3) is 21.5 Å². The summed E-state index contributed by atoms with van der Waals surface area (Å²) >= 11 is 1.42. The minimum Gasteiger partial charge on any atom is -0.387 e. The van der Waals surface area contributed by atoms with Crippen LogP contribution in [-0.2, 0) is 17.8 Å². The number of hydrogen-bond donors (Lipinski definition) is 1. The van der Waals surface area contributed by atoms with Gasteiger partial charge in [0.2, 0.25) is 5.91 Å². The van der Waals surface area contributed by atoms with E-state index in [0.29, 0.717) is 16.5 Å². The zero-order valence-electron chi connectivity index (χ0n) is 17.1. The number of rotatable bonds is 7. The van der Waals surface area contributed by atoms with Crippen molar-refractivity contribution in [2.45, 2.75) is 32.9 Å². The van der Waals surface area contributed by atoms with E-state index < -0.39 is 5.76 Å². The monoisotopic (exact) mass is 439 g/mol. The molecule has 0 aliphatic rings. The van der Waals surface area contributed by atoms with Gasteiger partial charge in [0.25, 0.3) is 11.4 Å². The molecule has 4 rings (SSSR count). The number of hydrogen-bond acceptors (Lipinski definition) is 7. The first-order valence-electron chi connectivity index (χ1n) is 9.83. The summed E-state index contributed by atoms with van der Waals surface area (Å²) in [6.07, 6.45) is 0.0155. The molecule has 3 heterocycles. The molecule has 3 aromatic heterocycles. The van der Waals surface area contributed by atoms with E-state index in [1.807, 2.05) is 37.4 Å². The lowest BCUT2D eigenvalue weighted by Crippen LogP contribution is -2.32. The van der Waals surface area contributed by atoms with Crippen molar-refractivity contribution < 1.29 is 9.21 Å². The van der Waals surface area contributed by atoms with Gasteiger partial charge < -0.3 is 9.73 Å². The topological polar surface area (TPSA) is 112 Å². The van der Waals surface area contributed by atoms with E-state index in [4.69, 9.17) is 4.42 Å². The van der Waals surface area contributed by atoms with Crippen molar-refractivity contribution in [3.63, 3.8) is 0 Å². The van der Waals surface area contributed by atoms with Gasteiger partial charge in [-0.25, -0.2) is 9.48 Å². The minimum atomic E-state index is -0.575. The number of aromatic nitrogens is 4. The van der Waals surface area contributed by atoms with Gasteiger partial charge in [0.1, 0.15) is 0 Å². The molecule has 0 spiro atoms. The summed E-state index contributed by atoms with van der Waals surface area (Å²) in [7, 11) is 0. The smallest absolute Gasteiger partial charge is 0.387 e. The molecule has 0 saturated carbocycles. The molecule has 0 radical (unpaired) electrons. The van der Waals surface area contributed by atoms with Gasteiger partial charge in [-0.05, 0) is 31.4 Å². The maximum absolute atomic E-state index is 12.6. The number of carbonyl (C=O) groups excluding carboxylic acids is 1. The molecule has 0 fully saturated rings. The van der Waals surface area contributed by atoms with E-state index in [1.165, 1.54) is 20.7 Å². The van der Waals surface area contributed by atoms with Crippen LogP contribution >= 0.6 is 11.3 Å². The molecule has 4 aromatic rings. The summed E-state index contributed by atoms with van der Waals surface area (Å²) in [6, 6.07) is 10.7. The summed E-state index contributed by atoms with van der Waals surface area (Å²) in [6.45, 7) is 4.12. The molecule has 1 aromatic carbocycles. The number of amides is 1.